The molecule has 1 aliphatic heterocycles. The van der Waals surface area contributed by atoms with E-state index in [2.05, 4.69) is 4.98 Å². The van der Waals surface area contributed by atoms with E-state index in [0.717, 1.165) is 0 Å². The SMILES string of the molecule is NC(=O)CN1CCCN(S(=O)(=O)c2ccnc(Cl)c2)CC1. The van der Waals surface area contributed by atoms with E-state index < -0.39 is 15.9 Å². The van der Waals surface area contributed by atoms with Gasteiger partial charge in [0.05, 0.1) is 11.4 Å². The number of pyridine rings is 1. The maximum atomic E-state index is 12.6. The molecule has 1 amide bonds. The molecule has 1 aromatic rings. The van der Waals surface area contributed by atoms with Crippen molar-refractivity contribution in [1.82, 2.24) is 14.2 Å². The third-order valence-corrected chi connectivity index (χ3v) is 5.36. The summed E-state index contributed by atoms with van der Waals surface area (Å²) in [5.41, 5.74) is 5.17. The number of hydrogen-bond donors (Lipinski definition) is 1. The van der Waals surface area contributed by atoms with Crippen LogP contribution in [0.4, 0.5) is 0 Å². The van der Waals surface area contributed by atoms with Gasteiger partial charge in [-0.15, -0.1) is 0 Å². The van der Waals surface area contributed by atoms with Crippen molar-refractivity contribution >= 4 is 27.5 Å². The van der Waals surface area contributed by atoms with Gasteiger partial charge in [0, 0.05) is 25.8 Å². The second-order valence-corrected chi connectivity index (χ2v) is 7.14. The highest BCUT2D eigenvalue weighted by atomic mass is 35.5. The second-order valence-electron chi connectivity index (χ2n) is 4.81. The van der Waals surface area contributed by atoms with Crippen LogP contribution in [-0.4, -0.2) is 61.2 Å². The molecule has 9 heteroatoms. The van der Waals surface area contributed by atoms with Crippen LogP contribution in [0.5, 0.6) is 0 Å². The lowest BCUT2D eigenvalue weighted by Crippen LogP contribution is -2.38. The number of halogens is 1. The molecule has 0 atom stereocenters. The molecule has 1 saturated heterocycles. The molecule has 0 aromatic carbocycles. The van der Waals surface area contributed by atoms with Crippen LogP contribution in [-0.2, 0) is 14.8 Å². The van der Waals surface area contributed by atoms with E-state index >= 15 is 0 Å². The summed E-state index contributed by atoms with van der Waals surface area (Å²) in [5, 5.41) is 0.140. The number of sulfonamides is 1. The van der Waals surface area contributed by atoms with E-state index in [1.54, 1.807) is 0 Å². The minimum Gasteiger partial charge on any atom is -0.369 e. The van der Waals surface area contributed by atoms with E-state index in [-0.39, 0.29) is 16.6 Å². The molecule has 2 heterocycles. The summed E-state index contributed by atoms with van der Waals surface area (Å²) in [5.74, 6) is -0.410. The van der Waals surface area contributed by atoms with Gasteiger partial charge in [0.1, 0.15) is 5.15 Å². The quantitative estimate of drug-likeness (QED) is 0.778. The molecule has 21 heavy (non-hydrogen) atoms. The lowest BCUT2D eigenvalue weighted by molar-refractivity contribution is -0.119. The fourth-order valence-electron chi connectivity index (χ4n) is 2.26. The van der Waals surface area contributed by atoms with Crippen molar-refractivity contribution in [3.05, 3.63) is 23.5 Å². The molecule has 2 N–H and O–H groups in total. The van der Waals surface area contributed by atoms with Gasteiger partial charge in [0.2, 0.25) is 15.9 Å². The van der Waals surface area contributed by atoms with Gasteiger partial charge in [0.25, 0.3) is 0 Å². The zero-order chi connectivity index (χ0) is 15.5. The van der Waals surface area contributed by atoms with Gasteiger partial charge in [-0.1, -0.05) is 11.6 Å². The van der Waals surface area contributed by atoms with Gasteiger partial charge < -0.3 is 5.73 Å². The lowest BCUT2D eigenvalue weighted by Gasteiger charge is -2.21. The van der Waals surface area contributed by atoms with Crippen molar-refractivity contribution in [2.75, 3.05) is 32.7 Å². The molecule has 1 aromatic heterocycles. The Morgan fingerprint density at radius 3 is 2.76 bits per heavy atom. The third kappa shape index (κ3) is 4.13. The Morgan fingerprint density at radius 1 is 1.33 bits per heavy atom. The van der Waals surface area contributed by atoms with Gasteiger partial charge in [-0.05, 0) is 25.1 Å². The van der Waals surface area contributed by atoms with Crippen molar-refractivity contribution in [3.8, 4) is 0 Å². The van der Waals surface area contributed by atoms with E-state index in [1.165, 1.54) is 22.6 Å². The monoisotopic (exact) mass is 332 g/mol. The summed E-state index contributed by atoms with van der Waals surface area (Å²) in [4.78, 5) is 16.7. The van der Waals surface area contributed by atoms with Crippen LogP contribution in [0, 0.1) is 0 Å². The molecule has 2 rings (SSSR count). The second kappa shape index (κ2) is 6.69. The highest BCUT2D eigenvalue weighted by Gasteiger charge is 2.27. The highest BCUT2D eigenvalue weighted by Crippen LogP contribution is 2.19. The Labute approximate surface area is 128 Å². The molecule has 1 aliphatic rings. The molecule has 0 bridgehead atoms. The molecular formula is C12H17ClN4O3S. The van der Waals surface area contributed by atoms with Gasteiger partial charge in [0.15, 0.2) is 0 Å². The van der Waals surface area contributed by atoms with Crippen LogP contribution < -0.4 is 5.73 Å². The van der Waals surface area contributed by atoms with Crippen LogP contribution in [0.25, 0.3) is 0 Å². The smallest absolute Gasteiger partial charge is 0.243 e. The Hall–Kier alpha value is -1.22. The third-order valence-electron chi connectivity index (χ3n) is 3.26. The first-order chi connectivity index (χ1) is 9.89. The minimum absolute atomic E-state index is 0.130. The molecule has 7 nitrogen and oxygen atoms in total. The molecule has 0 aliphatic carbocycles. The predicted octanol–water partition coefficient (Wildman–Crippen LogP) is -0.0833. The van der Waals surface area contributed by atoms with Crippen molar-refractivity contribution in [2.45, 2.75) is 11.3 Å². The standard InChI is InChI=1S/C12H17ClN4O3S/c13-11-8-10(2-3-15-11)21(19,20)17-5-1-4-16(6-7-17)9-12(14)18/h2-3,8H,1,4-7,9H2,(H2,14,18). The number of primary amides is 1. The van der Waals surface area contributed by atoms with Crippen LogP contribution in [0.3, 0.4) is 0 Å². The topological polar surface area (TPSA) is 96.6 Å². The molecule has 0 saturated carbocycles. The van der Waals surface area contributed by atoms with E-state index in [1.807, 2.05) is 4.90 Å². The summed E-state index contributed by atoms with van der Waals surface area (Å²) < 4.78 is 26.5. The van der Waals surface area contributed by atoms with E-state index in [0.29, 0.717) is 32.6 Å². The number of hydrogen-bond acceptors (Lipinski definition) is 5. The molecule has 116 valence electrons. The number of carbonyl (C=O) groups is 1. The maximum absolute atomic E-state index is 12.6. The normalized spacial score (nSPS) is 18.3. The Balaban J connectivity index is 2.12. The fourth-order valence-corrected chi connectivity index (χ4v) is 3.98. The van der Waals surface area contributed by atoms with Crippen molar-refractivity contribution < 1.29 is 13.2 Å². The van der Waals surface area contributed by atoms with Crippen LogP contribution in [0.1, 0.15) is 6.42 Å². The summed E-state index contributed by atoms with van der Waals surface area (Å²) >= 11 is 5.75. The van der Waals surface area contributed by atoms with Gasteiger partial charge >= 0.3 is 0 Å². The summed E-state index contributed by atoms with van der Waals surface area (Å²) in [6, 6.07) is 2.76. The summed E-state index contributed by atoms with van der Waals surface area (Å²) in [7, 11) is -3.59. The first-order valence-electron chi connectivity index (χ1n) is 6.52. The largest absolute Gasteiger partial charge is 0.369 e. The van der Waals surface area contributed by atoms with Crippen LogP contribution in [0.2, 0.25) is 5.15 Å². The number of nitrogens with zero attached hydrogens (tertiary/aromatic N) is 3. The fraction of sp³-hybridized carbons (Fsp3) is 0.500. The van der Waals surface area contributed by atoms with Gasteiger partial charge in [-0.25, -0.2) is 13.4 Å². The molecule has 1 fully saturated rings. The van der Waals surface area contributed by atoms with Crippen LogP contribution in [0.15, 0.2) is 23.2 Å². The molecular weight excluding hydrogens is 316 g/mol. The van der Waals surface area contributed by atoms with Crippen molar-refractivity contribution in [3.63, 3.8) is 0 Å². The van der Waals surface area contributed by atoms with E-state index in [4.69, 9.17) is 17.3 Å². The average molecular weight is 333 g/mol. The Bertz CT molecular complexity index is 623. The average Bonchev–Trinajstić information content (AvgIpc) is 2.64. The molecule has 0 spiro atoms. The Kier molecular flexibility index (Phi) is 5.15. The predicted molar refractivity (Wildman–Crippen MR) is 78.3 cm³/mol. The summed E-state index contributed by atoms with van der Waals surface area (Å²) in [6.45, 7) is 1.98. The van der Waals surface area contributed by atoms with Gasteiger partial charge in [-0.2, -0.15) is 4.31 Å². The van der Waals surface area contributed by atoms with Crippen LogP contribution >= 0.6 is 11.6 Å². The van der Waals surface area contributed by atoms with Crippen molar-refractivity contribution in [1.29, 1.82) is 0 Å². The van der Waals surface area contributed by atoms with E-state index in [9.17, 15) is 13.2 Å². The first-order valence-corrected chi connectivity index (χ1v) is 8.34. The van der Waals surface area contributed by atoms with Crippen molar-refractivity contribution in [2.24, 2.45) is 5.73 Å². The minimum atomic E-state index is -3.59. The molecule has 0 radical (unpaired) electrons. The molecule has 0 unspecified atom stereocenters. The first kappa shape index (κ1) is 16.2. The number of rotatable bonds is 4. The summed E-state index contributed by atoms with van der Waals surface area (Å²) in [6.07, 6.45) is 2.01. The Morgan fingerprint density at radius 2 is 2.10 bits per heavy atom. The van der Waals surface area contributed by atoms with Gasteiger partial charge in [-0.3, -0.25) is 9.69 Å². The maximum Gasteiger partial charge on any atom is 0.243 e. The zero-order valence-corrected chi connectivity index (χ0v) is 13.0. The number of nitrogens with two attached hydrogens (primary N) is 1. The zero-order valence-electron chi connectivity index (χ0n) is 11.4. The lowest BCUT2D eigenvalue weighted by atomic mass is 10.4. The number of amides is 1. The number of carbonyl (C=O) groups excluding carboxylic acids is 1. The number of aromatic nitrogens is 1. The highest BCUT2D eigenvalue weighted by molar-refractivity contribution is 7.89.